The zero-order valence-electron chi connectivity index (χ0n) is 14.1. The lowest BCUT2D eigenvalue weighted by Crippen LogP contribution is -2.27. The lowest BCUT2D eigenvalue weighted by atomic mass is 10.0. The highest BCUT2D eigenvalue weighted by molar-refractivity contribution is 7.99. The van der Waals surface area contributed by atoms with Gasteiger partial charge in [-0.25, -0.2) is 0 Å². The zero-order valence-corrected chi connectivity index (χ0v) is 14.9. The average molecular weight is 331 g/mol. The molecule has 4 rings (SSSR count). The van der Waals surface area contributed by atoms with E-state index in [0.29, 0.717) is 0 Å². The van der Waals surface area contributed by atoms with Crippen molar-refractivity contribution in [1.82, 2.24) is 0 Å². The van der Waals surface area contributed by atoms with E-state index in [1.165, 1.54) is 38.4 Å². The van der Waals surface area contributed by atoms with E-state index in [4.69, 9.17) is 0 Å². The van der Waals surface area contributed by atoms with Crippen molar-refractivity contribution in [2.24, 2.45) is 0 Å². The molecule has 0 bridgehead atoms. The van der Waals surface area contributed by atoms with Crippen LogP contribution in [0.2, 0.25) is 0 Å². The molecule has 0 aliphatic carbocycles. The van der Waals surface area contributed by atoms with E-state index in [2.05, 4.69) is 85.5 Å². The quantitative estimate of drug-likeness (QED) is 0.563. The van der Waals surface area contributed by atoms with Gasteiger partial charge in [-0.1, -0.05) is 66.7 Å². The van der Waals surface area contributed by atoms with Crippen LogP contribution in [0.15, 0.2) is 71.6 Å². The van der Waals surface area contributed by atoms with Crippen molar-refractivity contribution in [2.45, 2.75) is 25.3 Å². The molecule has 3 aromatic rings. The van der Waals surface area contributed by atoms with Gasteiger partial charge in [0.25, 0.3) is 0 Å². The Labute approximate surface area is 148 Å². The smallest absolute Gasteiger partial charge is 0.0690 e. The van der Waals surface area contributed by atoms with Gasteiger partial charge in [-0.15, -0.1) is 11.8 Å². The lowest BCUT2D eigenvalue weighted by molar-refractivity contribution is 0.858. The van der Waals surface area contributed by atoms with Gasteiger partial charge in [0.1, 0.15) is 0 Å². The molecule has 1 heterocycles. The molecular formula is C22H21NS. The Hall–Kier alpha value is -2.19. The molecule has 2 heteroatoms. The third-order valence-corrected chi connectivity index (χ3v) is 5.87. The van der Waals surface area contributed by atoms with Crippen molar-refractivity contribution in [3.05, 3.63) is 83.4 Å². The summed E-state index contributed by atoms with van der Waals surface area (Å²) in [6.45, 7) is 5.40. The molecule has 0 radical (unpaired) electrons. The number of hydrogen-bond donors (Lipinski definition) is 0. The summed E-state index contributed by atoms with van der Waals surface area (Å²) in [6.07, 6.45) is 0. The van der Waals surface area contributed by atoms with Gasteiger partial charge in [0.15, 0.2) is 0 Å². The van der Waals surface area contributed by atoms with Gasteiger partial charge >= 0.3 is 0 Å². The van der Waals surface area contributed by atoms with Crippen LogP contribution in [-0.4, -0.2) is 5.88 Å². The fraction of sp³-hybridized carbons (Fsp3) is 0.182. The zero-order chi connectivity index (χ0) is 16.5. The van der Waals surface area contributed by atoms with Crippen molar-refractivity contribution in [1.29, 1.82) is 0 Å². The molecule has 0 atom stereocenters. The summed E-state index contributed by atoms with van der Waals surface area (Å²) < 4.78 is 0. The topological polar surface area (TPSA) is 3.24 Å². The summed E-state index contributed by atoms with van der Waals surface area (Å²) in [5.41, 5.74) is 8.20. The standard InChI is InChI=1S/C22H21NS/c1-16-8-6-9-17(2)21(16)23-14-19-12-7-13-20(22(19)24-15-23)18-10-4-3-5-11-18/h3-13H,14-15H2,1-2H3. The molecule has 0 saturated heterocycles. The molecule has 3 aromatic carbocycles. The van der Waals surface area contributed by atoms with Gasteiger partial charge in [0.05, 0.1) is 5.88 Å². The average Bonchev–Trinajstić information content (AvgIpc) is 2.61. The number of aryl methyl sites for hydroxylation is 2. The second-order valence-electron chi connectivity index (χ2n) is 6.37. The monoisotopic (exact) mass is 331 g/mol. The summed E-state index contributed by atoms with van der Waals surface area (Å²) in [5.74, 6) is 1.00. The molecule has 1 aliphatic heterocycles. The number of para-hydroxylation sites is 1. The third kappa shape index (κ3) is 2.71. The van der Waals surface area contributed by atoms with Gasteiger partial charge in [0, 0.05) is 17.1 Å². The third-order valence-electron chi connectivity index (χ3n) is 4.66. The van der Waals surface area contributed by atoms with Gasteiger partial charge in [0.2, 0.25) is 0 Å². The van der Waals surface area contributed by atoms with Crippen molar-refractivity contribution < 1.29 is 0 Å². The molecule has 0 N–H and O–H groups in total. The number of hydrogen-bond acceptors (Lipinski definition) is 2. The minimum atomic E-state index is 0.981. The number of benzene rings is 3. The second kappa shape index (κ2) is 6.37. The van der Waals surface area contributed by atoms with E-state index in [-0.39, 0.29) is 0 Å². The first-order chi connectivity index (χ1) is 11.7. The Morgan fingerprint density at radius 1 is 0.792 bits per heavy atom. The SMILES string of the molecule is Cc1cccc(C)c1N1CSc2c(cccc2-c2ccccc2)C1. The number of fused-ring (bicyclic) bond motifs is 1. The summed E-state index contributed by atoms with van der Waals surface area (Å²) in [7, 11) is 0. The molecule has 0 fully saturated rings. The molecule has 24 heavy (non-hydrogen) atoms. The van der Waals surface area contributed by atoms with Crippen molar-refractivity contribution in [3.63, 3.8) is 0 Å². The fourth-order valence-corrected chi connectivity index (χ4v) is 4.73. The highest BCUT2D eigenvalue weighted by Gasteiger charge is 2.22. The number of anilines is 1. The maximum Gasteiger partial charge on any atom is 0.0690 e. The molecular weight excluding hydrogens is 310 g/mol. The van der Waals surface area contributed by atoms with E-state index in [1.54, 1.807) is 0 Å². The van der Waals surface area contributed by atoms with Crippen LogP contribution in [0, 0.1) is 13.8 Å². The second-order valence-corrected chi connectivity index (χ2v) is 7.33. The van der Waals surface area contributed by atoms with Crippen LogP contribution in [0.4, 0.5) is 5.69 Å². The van der Waals surface area contributed by atoms with Crippen LogP contribution in [-0.2, 0) is 6.54 Å². The normalized spacial score (nSPS) is 13.7. The summed E-state index contributed by atoms with van der Waals surface area (Å²) in [6, 6.07) is 24.0. The molecule has 0 amide bonds. The van der Waals surface area contributed by atoms with Crippen molar-refractivity contribution in [3.8, 4) is 11.1 Å². The number of nitrogens with zero attached hydrogens (tertiary/aromatic N) is 1. The van der Waals surface area contributed by atoms with Crippen LogP contribution in [0.1, 0.15) is 16.7 Å². The van der Waals surface area contributed by atoms with Crippen LogP contribution in [0.3, 0.4) is 0 Å². The van der Waals surface area contributed by atoms with Gasteiger partial charge in [-0.3, -0.25) is 0 Å². The van der Waals surface area contributed by atoms with E-state index in [9.17, 15) is 0 Å². The Balaban J connectivity index is 1.72. The highest BCUT2D eigenvalue weighted by atomic mass is 32.2. The molecule has 1 aliphatic rings. The van der Waals surface area contributed by atoms with E-state index in [0.717, 1.165) is 12.4 Å². The molecule has 0 aromatic heterocycles. The van der Waals surface area contributed by atoms with Gasteiger partial charge < -0.3 is 4.90 Å². The first-order valence-corrected chi connectivity index (χ1v) is 9.34. The molecule has 120 valence electrons. The van der Waals surface area contributed by atoms with E-state index < -0.39 is 0 Å². The molecule has 1 nitrogen and oxygen atoms in total. The Kier molecular flexibility index (Phi) is 4.07. The van der Waals surface area contributed by atoms with Crippen LogP contribution >= 0.6 is 11.8 Å². The van der Waals surface area contributed by atoms with Crippen LogP contribution < -0.4 is 4.90 Å². The minimum Gasteiger partial charge on any atom is -0.357 e. The number of thioether (sulfide) groups is 1. The maximum atomic E-state index is 2.51. The van der Waals surface area contributed by atoms with Crippen molar-refractivity contribution >= 4 is 17.4 Å². The molecule has 0 saturated carbocycles. The maximum absolute atomic E-state index is 2.51. The number of rotatable bonds is 2. The first-order valence-electron chi connectivity index (χ1n) is 8.35. The summed E-state index contributed by atoms with van der Waals surface area (Å²) in [5, 5.41) is 0. The minimum absolute atomic E-state index is 0.981. The molecule has 0 unspecified atom stereocenters. The van der Waals surface area contributed by atoms with E-state index >= 15 is 0 Å². The predicted molar refractivity (Wildman–Crippen MR) is 105 cm³/mol. The van der Waals surface area contributed by atoms with Crippen LogP contribution in [0.25, 0.3) is 11.1 Å². The predicted octanol–water partition coefficient (Wildman–Crippen LogP) is 6.04. The van der Waals surface area contributed by atoms with Gasteiger partial charge in [-0.2, -0.15) is 0 Å². The molecule has 0 spiro atoms. The van der Waals surface area contributed by atoms with Crippen molar-refractivity contribution in [2.75, 3.05) is 10.8 Å². The largest absolute Gasteiger partial charge is 0.357 e. The highest BCUT2D eigenvalue weighted by Crippen LogP contribution is 2.41. The first kappa shape index (κ1) is 15.3. The summed E-state index contributed by atoms with van der Waals surface area (Å²) >= 11 is 1.96. The Morgan fingerprint density at radius 2 is 1.50 bits per heavy atom. The Bertz CT molecular complexity index is 850. The Morgan fingerprint density at radius 3 is 2.25 bits per heavy atom. The lowest BCUT2D eigenvalue weighted by Gasteiger charge is -2.33. The summed E-state index contributed by atoms with van der Waals surface area (Å²) in [4.78, 5) is 3.94. The van der Waals surface area contributed by atoms with E-state index in [1.807, 2.05) is 11.8 Å². The van der Waals surface area contributed by atoms with Crippen LogP contribution in [0.5, 0.6) is 0 Å². The fourth-order valence-electron chi connectivity index (χ4n) is 3.57. The van der Waals surface area contributed by atoms with Gasteiger partial charge in [-0.05, 0) is 41.7 Å².